The summed E-state index contributed by atoms with van der Waals surface area (Å²) in [6.07, 6.45) is 0. The molecular weight excluding hydrogens is 288 g/mol. The number of hydrogen-bond donors (Lipinski definition) is 1. The highest BCUT2D eigenvalue weighted by atomic mass is 32.1. The average molecular weight is 300 g/mol. The molecule has 20 heavy (non-hydrogen) atoms. The molecular formula is C15H12N2OS2. The zero-order chi connectivity index (χ0) is 13.9. The van der Waals surface area contributed by atoms with Crippen molar-refractivity contribution in [2.75, 3.05) is 12.4 Å². The second-order valence-electron chi connectivity index (χ2n) is 4.17. The quantitative estimate of drug-likeness (QED) is 0.739. The molecule has 5 heteroatoms. The van der Waals surface area contributed by atoms with Crippen LogP contribution in [0.25, 0.3) is 10.2 Å². The van der Waals surface area contributed by atoms with E-state index in [1.807, 2.05) is 48.5 Å². The number of aromatic nitrogens is 1. The van der Waals surface area contributed by atoms with E-state index in [4.69, 9.17) is 17.0 Å². The van der Waals surface area contributed by atoms with Crippen LogP contribution in [0.15, 0.2) is 48.5 Å². The number of rotatable bonds is 3. The van der Waals surface area contributed by atoms with Crippen LogP contribution >= 0.6 is 23.6 Å². The molecule has 3 rings (SSSR count). The van der Waals surface area contributed by atoms with Crippen LogP contribution in [0, 0.1) is 0 Å². The van der Waals surface area contributed by atoms with Crippen molar-refractivity contribution in [1.29, 1.82) is 0 Å². The molecule has 2 aromatic carbocycles. The first-order valence-electron chi connectivity index (χ1n) is 6.07. The maximum Gasteiger partial charge on any atom is 0.152 e. The molecule has 1 aromatic heterocycles. The van der Waals surface area contributed by atoms with E-state index in [0.717, 1.165) is 26.7 Å². The van der Waals surface area contributed by atoms with Gasteiger partial charge in [-0.2, -0.15) is 0 Å². The Morgan fingerprint density at radius 2 is 1.90 bits per heavy atom. The molecule has 0 saturated carbocycles. The van der Waals surface area contributed by atoms with Crippen LogP contribution in [-0.2, 0) is 0 Å². The molecule has 0 spiro atoms. The molecule has 3 nitrogen and oxygen atoms in total. The van der Waals surface area contributed by atoms with Crippen molar-refractivity contribution in [3.63, 3.8) is 0 Å². The van der Waals surface area contributed by atoms with Gasteiger partial charge in [0.2, 0.25) is 0 Å². The Bertz CT molecular complexity index is 717. The molecule has 1 N–H and O–H groups in total. The van der Waals surface area contributed by atoms with E-state index in [1.165, 1.54) is 0 Å². The van der Waals surface area contributed by atoms with E-state index in [-0.39, 0.29) is 0 Å². The number of anilines is 1. The summed E-state index contributed by atoms with van der Waals surface area (Å²) < 4.78 is 6.27. The summed E-state index contributed by atoms with van der Waals surface area (Å²) >= 11 is 7.00. The molecule has 0 aliphatic carbocycles. The van der Waals surface area contributed by atoms with Gasteiger partial charge in [0, 0.05) is 5.69 Å². The molecule has 100 valence electrons. The lowest BCUT2D eigenvalue weighted by atomic mass is 10.3. The Kier molecular flexibility index (Phi) is 3.62. The number of thiocarbonyl (C=S) groups is 1. The van der Waals surface area contributed by atoms with Gasteiger partial charge in [0.1, 0.15) is 10.7 Å². The molecule has 3 aromatic rings. The summed E-state index contributed by atoms with van der Waals surface area (Å²) in [6.45, 7) is 0. The number of para-hydroxylation sites is 1. The molecule has 0 saturated heterocycles. The van der Waals surface area contributed by atoms with Crippen molar-refractivity contribution in [2.24, 2.45) is 0 Å². The van der Waals surface area contributed by atoms with Crippen LogP contribution in [0.2, 0.25) is 0 Å². The predicted molar refractivity (Wildman–Crippen MR) is 87.9 cm³/mol. The zero-order valence-electron chi connectivity index (χ0n) is 10.8. The van der Waals surface area contributed by atoms with Gasteiger partial charge in [-0.15, -0.1) is 11.3 Å². The Balaban J connectivity index is 1.81. The molecule has 0 fully saturated rings. The minimum absolute atomic E-state index is 0.636. The van der Waals surface area contributed by atoms with E-state index < -0.39 is 0 Å². The zero-order valence-corrected chi connectivity index (χ0v) is 12.4. The second-order valence-corrected chi connectivity index (χ2v) is 5.61. The Morgan fingerprint density at radius 3 is 2.60 bits per heavy atom. The second kappa shape index (κ2) is 5.56. The van der Waals surface area contributed by atoms with Gasteiger partial charge in [-0.05, 0) is 36.4 Å². The highest BCUT2D eigenvalue weighted by Crippen LogP contribution is 2.23. The molecule has 0 aliphatic rings. The lowest BCUT2D eigenvalue weighted by Gasteiger charge is -2.06. The Labute approximate surface area is 126 Å². The van der Waals surface area contributed by atoms with Crippen LogP contribution in [0.3, 0.4) is 0 Å². The number of fused-ring (bicyclic) bond motifs is 1. The van der Waals surface area contributed by atoms with Gasteiger partial charge in [-0.3, -0.25) is 0 Å². The van der Waals surface area contributed by atoms with Crippen molar-refractivity contribution in [3.8, 4) is 5.75 Å². The maximum absolute atomic E-state index is 5.41. The van der Waals surface area contributed by atoms with Crippen molar-refractivity contribution >= 4 is 44.4 Å². The number of ether oxygens (including phenoxy) is 1. The maximum atomic E-state index is 5.41. The fourth-order valence-corrected chi connectivity index (χ4v) is 2.98. The molecule has 0 bridgehead atoms. The van der Waals surface area contributed by atoms with Crippen LogP contribution in [0.5, 0.6) is 5.75 Å². The molecule has 0 radical (unpaired) electrons. The number of nitrogens with one attached hydrogen (secondary N) is 1. The number of methoxy groups -OCH3 is 1. The lowest BCUT2D eigenvalue weighted by Crippen LogP contribution is -2.09. The summed E-state index contributed by atoms with van der Waals surface area (Å²) in [6, 6.07) is 15.7. The Hall–Kier alpha value is -1.98. The van der Waals surface area contributed by atoms with E-state index in [0.29, 0.717) is 4.99 Å². The summed E-state index contributed by atoms with van der Waals surface area (Å²) in [7, 11) is 1.65. The fourth-order valence-electron chi connectivity index (χ4n) is 1.83. The van der Waals surface area contributed by atoms with Crippen molar-refractivity contribution in [2.45, 2.75) is 0 Å². The molecule has 0 atom stereocenters. The molecule has 0 amide bonds. The highest BCUT2D eigenvalue weighted by molar-refractivity contribution is 7.81. The van der Waals surface area contributed by atoms with Crippen LogP contribution in [0.4, 0.5) is 5.69 Å². The van der Waals surface area contributed by atoms with E-state index >= 15 is 0 Å². The van der Waals surface area contributed by atoms with E-state index in [1.54, 1.807) is 18.4 Å². The van der Waals surface area contributed by atoms with Gasteiger partial charge in [0.15, 0.2) is 5.01 Å². The topological polar surface area (TPSA) is 34.1 Å². The van der Waals surface area contributed by atoms with Crippen molar-refractivity contribution in [1.82, 2.24) is 4.98 Å². The molecule has 0 unspecified atom stereocenters. The first-order valence-corrected chi connectivity index (χ1v) is 7.30. The average Bonchev–Trinajstić information content (AvgIpc) is 2.92. The fraction of sp³-hybridized carbons (Fsp3) is 0.0667. The minimum Gasteiger partial charge on any atom is -0.497 e. The number of nitrogens with zero attached hydrogens (tertiary/aromatic N) is 1. The van der Waals surface area contributed by atoms with Gasteiger partial charge in [0.05, 0.1) is 17.3 Å². The van der Waals surface area contributed by atoms with Crippen molar-refractivity contribution in [3.05, 3.63) is 53.5 Å². The lowest BCUT2D eigenvalue weighted by molar-refractivity contribution is 0.415. The van der Waals surface area contributed by atoms with E-state index in [2.05, 4.69) is 10.3 Å². The molecule has 1 heterocycles. The molecule has 0 aliphatic heterocycles. The highest BCUT2D eigenvalue weighted by Gasteiger charge is 2.08. The normalized spacial score (nSPS) is 10.4. The van der Waals surface area contributed by atoms with Crippen LogP contribution < -0.4 is 10.1 Å². The van der Waals surface area contributed by atoms with Crippen LogP contribution in [0.1, 0.15) is 5.01 Å². The van der Waals surface area contributed by atoms with Gasteiger partial charge >= 0.3 is 0 Å². The van der Waals surface area contributed by atoms with Gasteiger partial charge in [0.25, 0.3) is 0 Å². The van der Waals surface area contributed by atoms with E-state index in [9.17, 15) is 0 Å². The van der Waals surface area contributed by atoms with Gasteiger partial charge < -0.3 is 10.1 Å². The predicted octanol–water partition coefficient (Wildman–Crippen LogP) is 4.09. The standard InChI is InChI=1S/C15H12N2OS2/c1-18-11-8-6-10(7-9-11)16-14(19)15-17-12-4-2-3-5-13(12)20-15/h2-9H,1H3,(H,16,19). The first-order chi connectivity index (χ1) is 9.76. The van der Waals surface area contributed by atoms with Crippen LogP contribution in [-0.4, -0.2) is 17.1 Å². The summed E-state index contributed by atoms with van der Waals surface area (Å²) in [5.74, 6) is 0.821. The summed E-state index contributed by atoms with van der Waals surface area (Å²) in [5, 5.41) is 4.02. The SMILES string of the molecule is COc1ccc(NC(=S)c2nc3ccccc3s2)cc1. The minimum atomic E-state index is 0.636. The third kappa shape index (κ3) is 2.64. The monoisotopic (exact) mass is 300 g/mol. The third-order valence-electron chi connectivity index (χ3n) is 2.84. The number of hydrogen-bond acceptors (Lipinski definition) is 4. The first kappa shape index (κ1) is 13.0. The van der Waals surface area contributed by atoms with Gasteiger partial charge in [-0.25, -0.2) is 4.98 Å². The third-order valence-corrected chi connectivity index (χ3v) is 4.31. The smallest absolute Gasteiger partial charge is 0.152 e. The summed E-state index contributed by atoms with van der Waals surface area (Å²) in [4.78, 5) is 5.17. The summed E-state index contributed by atoms with van der Waals surface area (Å²) in [5.41, 5.74) is 1.90. The Morgan fingerprint density at radius 1 is 1.15 bits per heavy atom. The largest absolute Gasteiger partial charge is 0.497 e. The number of benzene rings is 2. The van der Waals surface area contributed by atoms with Crippen molar-refractivity contribution < 1.29 is 4.74 Å². The number of thiazole rings is 1. The van der Waals surface area contributed by atoms with Gasteiger partial charge in [-0.1, -0.05) is 24.4 Å².